The lowest BCUT2D eigenvalue weighted by molar-refractivity contribution is 1.33. The summed E-state index contributed by atoms with van der Waals surface area (Å²) in [5.74, 6) is 0. The number of pyridine rings is 1. The van der Waals surface area contributed by atoms with Crippen LogP contribution in [0.5, 0.6) is 0 Å². The number of fused-ring (bicyclic) bond motifs is 13. The van der Waals surface area contributed by atoms with Crippen LogP contribution in [0.1, 0.15) is 0 Å². The molecule has 0 radical (unpaired) electrons. The van der Waals surface area contributed by atoms with E-state index in [4.69, 9.17) is 15.0 Å². The summed E-state index contributed by atoms with van der Waals surface area (Å²) >= 11 is 0. The van der Waals surface area contributed by atoms with E-state index in [1.807, 2.05) is 24.3 Å². The summed E-state index contributed by atoms with van der Waals surface area (Å²) in [4.78, 5) is 15.5. The number of para-hydroxylation sites is 2. The van der Waals surface area contributed by atoms with Crippen LogP contribution in [0.4, 0.5) is 0 Å². The van der Waals surface area contributed by atoms with Gasteiger partial charge in [0.05, 0.1) is 33.5 Å². The minimum atomic E-state index is 0.897. The summed E-state index contributed by atoms with van der Waals surface area (Å²) in [6.07, 6.45) is 0. The van der Waals surface area contributed by atoms with Gasteiger partial charge in [-0.15, -0.1) is 0 Å². The largest absolute Gasteiger partial charge is 0.248 e. The average molecular weight is 584 g/mol. The standard InChI is InChI=1S/C43H25N3/c1-2-12-30-28(10-1)29-11-3-4-14-32(29)36-24-26(20-22-33(30)36)38-18-9-19-39(44-38)27-21-23-34-31-13-5-6-15-35(31)42-43(37(34)25-27)46-41-17-8-7-16-40(41)45-42/h1-25H. The maximum atomic E-state index is 5.23. The minimum absolute atomic E-state index is 0.897. The van der Waals surface area contributed by atoms with E-state index in [1.165, 1.54) is 43.1 Å². The first kappa shape index (κ1) is 25.2. The second kappa shape index (κ2) is 9.65. The van der Waals surface area contributed by atoms with Crippen molar-refractivity contribution in [3.05, 3.63) is 152 Å². The van der Waals surface area contributed by atoms with Gasteiger partial charge in [0.15, 0.2) is 0 Å². The van der Waals surface area contributed by atoms with E-state index in [0.29, 0.717) is 0 Å². The van der Waals surface area contributed by atoms with E-state index in [9.17, 15) is 0 Å². The summed E-state index contributed by atoms with van der Waals surface area (Å²) in [7, 11) is 0. The maximum Gasteiger partial charge on any atom is 0.0979 e. The highest BCUT2D eigenvalue weighted by molar-refractivity contribution is 6.26. The first-order valence-electron chi connectivity index (χ1n) is 15.6. The van der Waals surface area contributed by atoms with Crippen LogP contribution in [0.3, 0.4) is 0 Å². The molecule has 0 amide bonds. The Morgan fingerprint density at radius 3 is 1.22 bits per heavy atom. The Morgan fingerprint density at radius 1 is 0.261 bits per heavy atom. The number of benzene rings is 8. The highest BCUT2D eigenvalue weighted by Crippen LogP contribution is 2.39. The molecule has 2 aromatic heterocycles. The van der Waals surface area contributed by atoms with E-state index in [1.54, 1.807) is 0 Å². The molecule has 3 heteroatoms. The van der Waals surface area contributed by atoms with Gasteiger partial charge in [-0.25, -0.2) is 15.0 Å². The third-order valence-corrected chi connectivity index (χ3v) is 9.40. The predicted molar refractivity (Wildman–Crippen MR) is 193 cm³/mol. The molecule has 212 valence electrons. The van der Waals surface area contributed by atoms with E-state index < -0.39 is 0 Å². The summed E-state index contributed by atoms with van der Waals surface area (Å²) in [5.41, 5.74) is 7.68. The maximum absolute atomic E-state index is 5.23. The van der Waals surface area contributed by atoms with Gasteiger partial charge in [-0.3, -0.25) is 0 Å². The van der Waals surface area contributed by atoms with Crippen LogP contribution in [0.15, 0.2) is 152 Å². The first-order valence-corrected chi connectivity index (χ1v) is 15.6. The van der Waals surface area contributed by atoms with Gasteiger partial charge in [0, 0.05) is 21.9 Å². The molecule has 0 bridgehead atoms. The highest BCUT2D eigenvalue weighted by atomic mass is 14.8. The Balaban J connectivity index is 1.17. The predicted octanol–water partition coefficient (Wildman–Crippen LogP) is 11.3. The Labute approximate surface area is 264 Å². The number of rotatable bonds is 2. The number of nitrogens with zero attached hydrogens (tertiary/aromatic N) is 3. The number of hydrogen-bond acceptors (Lipinski definition) is 3. The quantitative estimate of drug-likeness (QED) is 0.150. The van der Waals surface area contributed by atoms with Crippen LogP contribution in [-0.2, 0) is 0 Å². The van der Waals surface area contributed by atoms with Crippen LogP contribution in [0.2, 0.25) is 0 Å². The van der Waals surface area contributed by atoms with Crippen LogP contribution in [-0.4, -0.2) is 15.0 Å². The fourth-order valence-electron chi connectivity index (χ4n) is 7.26. The van der Waals surface area contributed by atoms with Gasteiger partial charge in [-0.2, -0.15) is 0 Å². The second-order valence-corrected chi connectivity index (χ2v) is 12.0. The third-order valence-electron chi connectivity index (χ3n) is 9.40. The molecule has 0 saturated heterocycles. The fourth-order valence-corrected chi connectivity index (χ4v) is 7.26. The van der Waals surface area contributed by atoms with Crippen LogP contribution >= 0.6 is 0 Å². The first-order chi connectivity index (χ1) is 22.8. The van der Waals surface area contributed by atoms with E-state index >= 15 is 0 Å². The van der Waals surface area contributed by atoms with Crippen molar-refractivity contribution in [2.45, 2.75) is 0 Å². The van der Waals surface area contributed by atoms with Crippen molar-refractivity contribution in [2.24, 2.45) is 0 Å². The molecule has 10 aromatic rings. The van der Waals surface area contributed by atoms with E-state index in [0.717, 1.165) is 55.4 Å². The molecule has 0 aliphatic carbocycles. The molecule has 0 N–H and O–H groups in total. The SMILES string of the molecule is c1cc(-c2ccc3c4ccccc4c4ccccc4c3c2)nc(-c2ccc3c4ccccc4c4nc5ccccc5nc4c3c2)c1. The topological polar surface area (TPSA) is 38.7 Å². The fraction of sp³-hybridized carbons (Fsp3) is 0. The van der Waals surface area contributed by atoms with Gasteiger partial charge in [-0.05, 0) is 79.5 Å². The smallest absolute Gasteiger partial charge is 0.0979 e. The van der Waals surface area contributed by atoms with Crippen LogP contribution in [0, 0.1) is 0 Å². The van der Waals surface area contributed by atoms with Crippen molar-refractivity contribution in [1.82, 2.24) is 15.0 Å². The molecule has 8 aromatic carbocycles. The summed E-state index contributed by atoms with van der Waals surface area (Å²) < 4.78 is 0. The lowest BCUT2D eigenvalue weighted by Gasteiger charge is -2.13. The Morgan fingerprint density at radius 2 is 0.652 bits per heavy atom. The number of aromatic nitrogens is 3. The second-order valence-electron chi connectivity index (χ2n) is 12.0. The van der Waals surface area contributed by atoms with Gasteiger partial charge in [0.1, 0.15) is 0 Å². The zero-order valence-corrected chi connectivity index (χ0v) is 24.8. The summed E-state index contributed by atoms with van der Waals surface area (Å²) in [6.45, 7) is 0. The Bertz CT molecular complexity index is 2840. The van der Waals surface area contributed by atoms with Crippen molar-refractivity contribution in [3.8, 4) is 22.5 Å². The zero-order valence-electron chi connectivity index (χ0n) is 24.8. The van der Waals surface area contributed by atoms with E-state index in [-0.39, 0.29) is 0 Å². The summed E-state index contributed by atoms with van der Waals surface area (Å²) in [5, 5.41) is 12.1. The summed E-state index contributed by atoms with van der Waals surface area (Å²) in [6, 6.07) is 53.7. The zero-order chi connectivity index (χ0) is 30.2. The Kier molecular flexibility index (Phi) is 5.28. The third kappa shape index (κ3) is 3.69. The highest BCUT2D eigenvalue weighted by Gasteiger charge is 2.15. The van der Waals surface area contributed by atoms with Crippen molar-refractivity contribution >= 4 is 75.9 Å². The van der Waals surface area contributed by atoms with Gasteiger partial charge in [0.2, 0.25) is 0 Å². The molecule has 0 atom stereocenters. The lowest BCUT2D eigenvalue weighted by Crippen LogP contribution is -1.93. The monoisotopic (exact) mass is 583 g/mol. The molecule has 0 aliphatic rings. The molecule has 10 rings (SSSR count). The lowest BCUT2D eigenvalue weighted by atomic mass is 9.93. The molecule has 2 heterocycles. The molecule has 46 heavy (non-hydrogen) atoms. The van der Waals surface area contributed by atoms with Crippen molar-refractivity contribution < 1.29 is 0 Å². The molecular formula is C43H25N3. The van der Waals surface area contributed by atoms with Gasteiger partial charge < -0.3 is 0 Å². The molecule has 0 saturated carbocycles. The van der Waals surface area contributed by atoms with Crippen molar-refractivity contribution in [1.29, 1.82) is 0 Å². The van der Waals surface area contributed by atoms with Gasteiger partial charge >= 0.3 is 0 Å². The minimum Gasteiger partial charge on any atom is -0.248 e. The van der Waals surface area contributed by atoms with Crippen LogP contribution in [0.25, 0.3) is 98.4 Å². The molecule has 3 nitrogen and oxygen atoms in total. The molecule has 0 aliphatic heterocycles. The van der Waals surface area contributed by atoms with Gasteiger partial charge in [0.25, 0.3) is 0 Å². The normalized spacial score (nSPS) is 11.9. The van der Waals surface area contributed by atoms with Crippen molar-refractivity contribution in [2.75, 3.05) is 0 Å². The molecule has 0 fully saturated rings. The Hall–Kier alpha value is -6.19. The van der Waals surface area contributed by atoms with Gasteiger partial charge in [-0.1, -0.05) is 115 Å². The molecular weight excluding hydrogens is 558 g/mol. The average Bonchev–Trinajstić information content (AvgIpc) is 3.14. The van der Waals surface area contributed by atoms with Crippen molar-refractivity contribution in [3.63, 3.8) is 0 Å². The number of hydrogen-bond donors (Lipinski definition) is 0. The molecule has 0 spiro atoms. The van der Waals surface area contributed by atoms with Crippen LogP contribution < -0.4 is 0 Å². The molecule has 0 unspecified atom stereocenters. The van der Waals surface area contributed by atoms with E-state index in [2.05, 4.69) is 127 Å².